The second-order valence-electron chi connectivity index (χ2n) is 4.04. The second kappa shape index (κ2) is 7.54. The number of thiazole rings is 1. The van der Waals surface area contributed by atoms with E-state index in [1.165, 1.54) is 42.3 Å². The van der Waals surface area contributed by atoms with Crippen molar-refractivity contribution >= 4 is 35.5 Å². The molecule has 1 atom stereocenters. The van der Waals surface area contributed by atoms with Crippen LogP contribution in [-0.2, 0) is 0 Å². The Labute approximate surface area is 112 Å². The van der Waals surface area contributed by atoms with Crippen LogP contribution >= 0.6 is 35.5 Å². The van der Waals surface area contributed by atoms with Gasteiger partial charge in [0.05, 0.1) is 0 Å². The van der Waals surface area contributed by atoms with Crippen molar-refractivity contribution in [3.63, 3.8) is 0 Å². The summed E-state index contributed by atoms with van der Waals surface area (Å²) in [5.41, 5.74) is 1.15. The first kappa shape index (κ1) is 14.3. The Kier molecular flexibility index (Phi) is 6.73. The molecule has 0 saturated carbocycles. The summed E-state index contributed by atoms with van der Waals surface area (Å²) in [7, 11) is 0. The molecule has 0 aromatic carbocycles. The van der Waals surface area contributed by atoms with Crippen LogP contribution in [0.5, 0.6) is 0 Å². The number of aromatic nitrogens is 1. The van der Waals surface area contributed by atoms with Crippen LogP contribution in [0, 0.1) is 6.92 Å². The molecule has 2 rings (SSSR count). The van der Waals surface area contributed by atoms with Gasteiger partial charge in [-0.3, -0.25) is 0 Å². The third-order valence-electron chi connectivity index (χ3n) is 2.70. The fourth-order valence-electron chi connectivity index (χ4n) is 1.86. The van der Waals surface area contributed by atoms with Gasteiger partial charge in [0, 0.05) is 22.9 Å². The van der Waals surface area contributed by atoms with E-state index in [0.717, 1.165) is 11.7 Å². The van der Waals surface area contributed by atoms with Gasteiger partial charge in [-0.1, -0.05) is 18.2 Å². The van der Waals surface area contributed by atoms with Crippen molar-refractivity contribution in [2.75, 3.05) is 12.3 Å². The summed E-state index contributed by atoms with van der Waals surface area (Å²) in [6.45, 7) is 3.27. The molecule has 0 aliphatic carbocycles. The normalized spacial score (nSPS) is 20.4. The van der Waals surface area contributed by atoms with Gasteiger partial charge in [0.2, 0.25) is 0 Å². The van der Waals surface area contributed by atoms with Gasteiger partial charge in [-0.2, -0.15) is 0 Å². The SMILES string of the molecule is Cc1csc(SCCC2CCCCN2)n1.Cl. The molecule has 5 heteroatoms. The van der Waals surface area contributed by atoms with Crippen LogP contribution in [0.15, 0.2) is 9.72 Å². The van der Waals surface area contributed by atoms with Crippen molar-refractivity contribution in [3.8, 4) is 0 Å². The summed E-state index contributed by atoms with van der Waals surface area (Å²) in [4.78, 5) is 4.45. The highest BCUT2D eigenvalue weighted by Gasteiger charge is 2.12. The summed E-state index contributed by atoms with van der Waals surface area (Å²) in [5, 5.41) is 5.71. The number of halogens is 1. The number of hydrogen-bond donors (Lipinski definition) is 1. The highest BCUT2D eigenvalue weighted by molar-refractivity contribution is 8.01. The fourth-order valence-corrected chi connectivity index (χ4v) is 3.83. The number of hydrogen-bond acceptors (Lipinski definition) is 4. The largest absolute Gasteiger partial charge is 0.314 e. The number of rotatable bonds is 4. The zero-order chi connectivity index (χ0) is 10.5. The molecule has 1 saturated heterocycles. The lowest BCUT2D eigenvalue weighted by atomic mass is 10.0. The van der Waals surface area contributed by atoms with Crippen LogP contribution in [0.3, 0.4) is 0 Å². The van der Waals surface area contributed by atoms with Crippen molar-refractivity contribution in [2.24, 2.45) is 0 Å². The number of nitrogens with one attached hydrogen (secondary N) is 1. The Hall–Kier alpha value is 0.230. The maximum Gasteiger partial charge on any atom is 0.150 e. The molecular formula is C11H19ClN2S2. The molecule has 2 nitrogen and oxygen atoms in total. The van der Waals surface area contributed by atoms with Crippen LogP contribution in [0.1, 0.15) is 31.4 Å². The molecule has 1 aromatic heterocycles. The summed E-state index contributed by atoms with van der Waals surface area (Å²) < 4.78 is 1.23. The molecule has 1 fully saturated rings. The van der Waals surface area contributed by atoms with Crippen molar-refractivity contribution in [1.29, 1.82) is 0 Å². The first-order valence-electron chi connectivity index (χ1n) is 5.63. The Morgan fingerprint density at radius 3 is 3.06 bits per heavy atom. The van der Waals surface area contributed by atoms with Crippen LogP contribution < -0.4 is 5.32 Å². The van der Waals surface area contributed by atoms with E-state index in [1.54, 1.807) is 11.3 Å². The van der Waals surface area contributed by atoms with Gasteiger partial charge in [0.15, 0.2) is 0 Å². The minimum absolute atomic E-state index is 0. The summed E-state index contributed by atoms with van der Waals surface area (Å²) in [6, 6.07) is 0.757. The van der Waals surface area contributed by atoms with E-state index in [0.29, 0.717) is 0 Å². The molecule has 1 aliphatic rings. The highest BCUT2D eigenvalue weighted by atomic mass is 35.5. The molecule has 1 N–H and O–H groups in total. The van der Waals surface area contributed by atoms with Crippen molar-refractivity contribution < 1.29 is 0 Å². The maximum atomic E-state index is 4.45. The topological polar surface area (TPSA) is 24.9 Å². The van der Waals surface area contributed by atoms with E-state index >= 15 is 0 Å². The average molecular weight is 279 g/mol. The molecule has 16 heavy (non-hydrogen) atoms. The number of piperidine rings is 1. The molecule has 0 amide bonds. The standard InChI is InChI=1S/C11H18N2S2.ClH/c1-9-8-15-11(13-9)14-7-5-10-4-2-3-6-12-10;/h8,10,12H,2-7H2,1H3;1H. The summed E-state index contributed by atoms with van der Waals surface area (Å²) >= 11 is 3.67. The first-order valence-corrected chi connectivity index (χ1v) is 7.49. The molecule has 0 bridgehead atoms. The zero-order valence-corrected chi connectivity index (χ0v) is 12.0. The molecule has 1 aromatic rings. The van der Waals surface area contributed by atoms with E-state index < -0.39 is 0 Å². The summed E-state index contributed by atoms with van der Waals surface area (Å²) in [5.74, 6) is 1.20. The van der Waals surface area contributed by atoms with Crippen LogP contribution in [0.25, 0.3) is 0 Å². The number of nitrogens with zero attached hydrogens (tertiary/aromatic N) is 1. The lowest BCUT2D eigenvalue weighted by Gasteiger charge is -2.22. The molecule has 2 heterocycles. The second-order valence-corrected chi connectivity index (χ2v) is 6.24. The number of aryl methyl sites for hydroxylation is 1. The fraction of sp³-hybridized carbons (Fsp3) is 0.727. The third kappa shape index (κ3) is 4.62. The predicted molar refractivity (Wildman–Crippen MR) is 75.1 cm³/mol. The quantitative estimate of drug-likeness (QED) is 0.854. The Morgan fingerprint density at radius 1 is 1.56 bits per heavy atom. The Morgan fingerprint density at radius 2 is 2.44 bits per heavy atom. The van der Waals surface area contributed by atoms with Crippen molar-refractivity contribution in [3.05, 3.63) is 11.1 Å². The molecular weight excluding hydrogens is 260 g/mol. The Bertz CT molecular complexity index is 298. The van der Waals surface area contributed by atoms with Gasteiger partial charge in [-0.15, -0.1) is 23.7 Å². The molecule has 0 radical (unpaired) electrons. The molecule has 92 valence electrons. The monoisotopic (exact) mass is 278 g/mol. The number of thioether (sulfide) groups is 1. The van der Waals surface area contributed by atoms with E-state index in [2.05, 4.69) is 22.6 Å². The highest BCUT2D eigenvalue weighted by Crippen LogP contribution is 2.24. The van der Waals surface area contributed by atoms with Crippen LogP contribution in [-0.4, -0.2) is 23.3 Å². The van der Waals surface area contributed by atoms with Crippen LogP contribution in [0.2, 0.25) is 0 Å². The lowest BCUT2D eigenvalue weighted by Crippen LogP contribution is -2.34. The van der Waals surface area contributed by atoms with Gasteiger partial charge in [0.1, 0.15) is 4.34 Å². The lowest BCUT2D eigenvalue weighted by molar-refractivity contribution is 0.395. The molecule has 1 unspecified atom stereocenters. The molecule has 1 aliphatic heterocycles. The van der Waals surface area contributed by atoms with Gasteiger partial charge in [-0.05, 0) is 32.7 Å². The van der Waals surface area contributed by atoms with E-state index in [1.807, 2.05) is 11.8 Å². The minimum Gasteiger partial charge on any atom is -0.314 e. The molecule has 0 spiro atoms. The van der Waals surface area contributed by atoms with Gasteiger partial charge in [0.25, 0.3) is 0 Å². The van der Waals surface area contributed by atoms with Gasteiger partial charge < -0.3 is 5.32 Å². The van der Waals surface area contributed by atoms with Crippen molar-refractivity contribution in [1.82, 2.24) is 10.3 Å². The Balaban J connectivity index is 0.00000128. The van der Waals surface area contributed by atoms with Crippen molar-refractivity contribution in [2.45, 2.75) is 43.0 Å². The minimum atomic E-state index is 0. The van der Waals surface area contributed by atoms with E-state index in [9.17, 15) is 0 Å². The van der Waals surface area contributed by atoms with E-state index in [4.69, 9.17) is 0 Å². The first-order chi connectivity index (χ1) is 7.34. The van der Waals surface area contributed by atoms with E-state index in [-0.39, 0.29) is 12.4 Å². The van der Waals surface area contributed by atoms with Gasteiger partial charge in [-0.25, -0.2) is 4.98 Å². The third-order valence-corrected chi connectivity index (χ3v) is 4.87. The maximum absolute atomic E-state index is 4.45. The predicted octanol–water partition coefficient (Wildman–Crippen LogP) is 3.50. The zero-order valence-electron chi connectivity index (χ0n) is 9.57. The van der Waals surface area contributed by atoms with Crippen LogP contribution in [0.4, 0.5) is 0 Å². The van der Waals surface area contributed by atoms with Gasteiger partial charge >= 0.3 is 0 Å². The summed E-state index contributed by atoms with van der Waals surface area (Å²) in [6.07, 6.45) is 5.40. The smallest absolute Gasteiger partial charge is 0.150 e. The average Bonchev–Trinajstić information content (AvgIpc) is 2.66.